The second-order valence-electron chi connectivity index (χ2n) is 6.35. The number of aromatic nitrogens is 4. The Morgan fingerprint density at radius 3 is 2.79 bits per heavy atom. The second-order valence-corrected chi connectivity index (χ2v) is 7.34. The Hall–Kier alpha value is -3.59. The molecule has 0 bridgehead atoms. The molecule has 0 unspecified atom stereocenters. The summed E-state index contributed by atoms with van der Waals surface area (Å²) >= 11 is 1.18. The van der Waals surface area contributed by atoms with Crippen molar-refractivity contribution in [2.24, 2.45) is 7.05 Å². The zero-order chi connectivity index (χ0) is 20.4. The molecule has 4 rings (SSSR count). The average molecular weight is 407 g/mol. The molecule has 29 heavy (non-hydrogen) atoms. The molecule has 1 amide bonds. The van der Waals surface area contributed by atoms with Crippen LogP contribution in [-0.4, -0.2) is 25.4 Å². The number of fused-ring (bicyclic) bond motifs is 1. The molecule has 4 aromatic rings. The fourth-order valence-electron chi connectivity index (χ4n) is 2.83. The monoisotopic (exact) mass is 407 g/mol. The van der Waals surface area contributed by atoms with Crippen molar-refractivity contribution in [2.45, 2.75) is 13.5 Å². The molecule has 0 aliphatic carbocycles. The predicted molar refractivity (Wildman–Crippen MR) is 110 cm³/mol. The summed E-state index contributed by atoms with van der Waals surface area (Å²) in [5, 5.41) is 3.24. The van der Waals surface area contributed by atoms with Crippen LogP contribution in [0.1, 0.15) is 20.8 Å². The maximum absolute atomic E-state index is 12.9. The van der Waals surface area contributed by atoms with Crippen molar-refractivity contribution >= 4 is 33.3 Å². The minimum absolute atomic E-state index is 0.179. The fourth-order valence-corrected chi connectivity index (χ4v) is 3.87. The number of anilines is 1. The molecule has 0 radical (unpaired) electrons. The Morgan fingerprint density at radius 1 is 1.21 bits per heavy atom. The molecule has 0 aliphatic rings. The van der Waals surface area contributed by atoms with Crippen molar-refractivity contribution in [3.8, 4) is 5.75 Å². The first-order chi connectivity index (χ1) is 14.0. The van der Waals surface area contributed by atoms with Gasteiger partial charge in [0.25, 0.3) is 11.5 Å². The van der Waals surface area contributed by atoms with Crippen molar-refractivity contribution < 1.29 is 9.53 Å². The molecule has 0 aliphatic heterocycles. The topological polar surface area (TPSA) is 99.0 Å². The van der Waals surface area contributed by atoms with Gasteiger partial charge in [0.05, 0.1) is 16.6 Å². The largest absolute Gasteiger partial charge is 0.485 e. The van der Waals surface area contributed by atoms with Crippen LogP contribution in [0.5, 0.6) is 5.75 Å². The van der Waals surface area contributed by atoms with E-state index in [1.165, 1.54) is 22.2 Å². The molecule has 0 spiro atoms. The highest BCUT2D eigenvalue weighted by molar-refractivity contribution is 7.20. The first-order valence-corrected chi connectivity index (χ1v) is 9.59. The van der Waals surface area contributed by atoms with Gasteiger partial charge in [0.1, 0.15) is 11.4 Å². The third kappa shape index (κ3) is 3.72. The zero-order valence-electron chi connectivity index (χ0n) is 15.7. The van der Waals surface area contributed by atoms with Crippen LogP contribution < -0.4 is 15.6 Å². The van der Waals surface area contributed by atoms with Crippen LogP contribution in [-0.2, 0) is 13.7 Å². The lowest BCUT2D eigenvalue weighted by Crippen LogP contribution is -2.17. The van der Waals surface area contributed by atoms with Crippen LogP contribution in [0, 0.1) is 6.92 Å². The summed E-state index contributed by atoms with van der Waals surface area (Å²) < 4.78 is 7.21. The second kappa shape index (κ2) is 7.80. The number of hydrogen-bond donors (Lipinski definition) is 1. The van der Waals surface area contributed by atoms with Gasteiger partial charge in [-0.15, -0.1) is 11.3 Å². The Kier molecular flexibility index (Phi) is 5.05. The number of pyridine rings is 2. The Labute approximate surface area is 169 Å². The number of ether oxygens (including phenoxy) is 1. The van der Waals surface area contributed by atoms with E-state index in [-0.39, 0.29) is 11.5 Å². The number of hydrogen-bond acceptors (Lipinski definition) is 7. The highest BCUT2D eigenvalue weighted by atomic mass is 32.1. The molecule has 0 saturated carbocycles. The van der Waals surface area contributed by atoms with Crippen molar-refractivity contribution in [1.29, 1.82) is 0 Å². The molecule has 9 heteroatoms. The van der Waals surface area contributed by atoms with Crippen LogP contribution in [0.2, 0.25) is 0 Å². The molecule has 0 atom stereocenters. The van der Waals surface area contributed by atoms with Gasteiger partial charge >= 0.3 is 0 Å². The number of amides is 1. The third-order valence-corrected chi connectivity index (χ3v) is 5.56. The van der Waals surface area contributed by atoms with Gasteiger partial charge in [-0.2, -0.15) is 0 Å². The van der Waals surface area contributed by atoms with Crippen LogP contribution in [0.3, 0.4) is 0 Å². The van der Waals surface area contributed by atoms with Gasteiger partial charge in [-0.1, -0.05) is 0 Å². The number of nitrogens with one attached hydrogen (secondary N) is 1. The molecule has 146 valence electrons. The van der Waals surface area contributed by atoms with Crippen molar-refractivity contribution in [2.75, 3.05) is 5.32 Å². The summed E-state index contributed by atoms with van der Waals surface area (Å²) in [6.45, 7) is 2.06. The van der Waals surface area contributed by atoms with Gasteiger partial charge in [-0.05, 0) is 42.3 Å². The summed E-state index contributed by atoms with van der Waals surface area (Å²) in [4.78, 5) is 38.7. The van der Waals surface area contributed by atoms with Gasteiger partial charge in [0, 0.05) is 25.6 Å². The molecule has 0 saturated heterocycles. The zero-order valence-corrected chi connectivity index (χ0v) is 16.6. The molecule has 1 N–H and O–H groups in total. The van der Waals surface area contributed by atoms with Gasteiger partial charge in [-0.25, -0.2) is 9.97 Å². The van der Waals surface area contributed by atoms with E-state index in [0.29, 0.717) is 38.8 Å². The molecular weight excluding hydrogens is 390 g/mol. The molecule has 0 fully saturated rings. The van der Waals surface area contributed by atoms with Gasteiger partial charge in [0.2, 0.25) is 0 Å². The smallest absolute Gasteiger partial charge is 0.267 e. The van der Waals surface area contributed by atoms with E-state index in [1.807, 2.05) is 12.1 Å². The van der Waals surface area contributed by atoms with Crippen molar-refractivity contribution in [3.05, 3.63) is 75.5 Å². The van der Waals surface area contributed by atoms with E-state index >= 15 is 0 Å². The Morgan fingerprint density at radius 2 is 2.00 bits per heavy atom. The normalized spacial score (nSPS) is 10.8. The first-order valence-electron chi connectivity index (χ1n) is 8.77. The summed E-state index contributed by atoms with van der Waals surface area (Å²) in [6.07, 6.45) is 6.40. The number of aryl methyl sites for hydroxylation is 2. The molecule has 4 heterocycles. The van der Waals surface area contributed by atoms with E-state index in [2.05, 4.69) is 20.3 Å². The number of carbonyl (C=O) groups excluding carboxylic acids is 1. The predicted octanol–water partition coefficient (Wildman–Crippen LogP) is 2.92. The number of carbonyl (C=O) groups is 1. The van der Waals surface area contributed by atoms with E-state index < -0.39 is 0 Å². The van der Waals surface area contributed by atoms with Gasteiger partial charge in [0.15, 0.2) is 11.6 Å². The summed E-state index contributed by atoms with van der Waals surface area (Å²) in [7, 11) is 1.63. The fraction of sp³-hybridized carbons (Fsp3) is 0.150. The van der Waals surface area contributed by atoms with Crippen LogP contribution in [0.15, 0.2) is 54.0 Å². The van der Waals surface area contributed by atoms with Crippen LogP contribution >= 0.6 is 11.3 Å². The van der Waals surface area contributed by atoms with Gasteiger partial charge < -0.3 is 14.6 Å². The molecule has 4 aromatic heterocycles. The lowest BCUT2D eigenvalue weighted by Gasteiger charge is -2.11. The summed E-state index contributed by atoms with van der Waals surface area (Å²) in [5.41, 5.74) is 1.37. The SMILES string of the molecule is Cc1c(C(=O)Nc2ncccc2OCc2ccncc2)sc2ncn(C)c(=O)c12. The molecular formula is C20H17N5O3S. The standard InChI is InChI=1S/C20H17N5O3S/c1-12-15-19(23-11-25(2)20(15)27)29-16(12)18(26)24-17-14(4-3-7-22-17)28-10-13-5-8-21-9-6-13/h3-9,11H,10H2,1-2H3,(H,22,24,26). The quantitative estimate of drug-likeness (QED) is 0.546. The van der Waals surface area contributed by atoms with Crippen molar-refractivity contribution in [3.63, 3.8) is 0 Å². The van der Waals surface area contributed by atoms with E-state index in [0.717, 1.165) is 5.56 Å². The van der Waals surface area contributed by atoms with Gasteiger partial charge in [-0.3, -0.25) is 14.6 Å². The van der Waals surface area contributed by atoms with E-state index in [4.69, 9.17) is 4.74 Å². The van der Waals surface area contributed by atoms with Crippen LogP contribution in [0.25, 0.3) is 10.2 Å². The third-order valence-electron chi connectivity index (χ3n) is 4.36. The maximum Gasteiger partial charge on any atom is 0.267 e. The highest BCUT2D eigenvalue weighted by Crippen LogP contribution is 2.29. The van der Waals surface area contributed by atoms with Crippen LogP contribution in [0.4, 0.5) is 5.82 Å². The minimum Gasteiger partial charge on any atom is -0.485 e. The summed E-state index contributed by atoms with van der Waals surface area (Å²) in [5.74, 6) is 0.398. The van der Waals surface area contributed by atoms with E-state index in [1.54, 1.807) is 44.7 Å². The average Bonchev–Trinajstić information content (AvgIpc) is 3.08. The number of nitrogens with zero attached hydrogens (tertiary/aromatic N) is 4. The molecule has 8 nitrogen and oxygen atoms in total. The minimum atomic E-state index is -0.361. The number of thiophene rings is 1. The lowest BCUT2D eigenvalue weighted by molar-refractivity contribution is 0.102. The lowest BCUT2D eigenvalue weighted by atomic mass is 10.2. The Balaban J connectivity index is 1.59. The Bertz CT molecular complexity index is 1250. The summed E-state index contributed by atoms with van der Waals surface area (Å²) in [6, 6.07) is 7.17. The number of rotatable bonds is 5. The maximum atomic E-state index is 12.9. The van der Waals surface area contributed by atoms with Crippen molar-refractivity contribution in [1.82, 2.24) is 19.5 Å². The van der Waals surface area contributed by atoms with E-state index in [9.17, 15) is 9.59 Å². The first kappa shape index (κ1) is 18.8. The highest BCUT2D eigenvalue weighted by Gasteiger charge is 2.20. The molecule has 0 aromatic carbocycles.